The lowest BCUT2D eigenvalue weighted by atomic mass is 10.1. The third-order valence-electron chi connectivity index (χ3n) is 3.82. The molecule has 1 aromatic rings. The summed E-state index contributed by atoms with van der Waals surface area (Å²) < 4.78 is 12.9. The van der Waals surface area contributed by atoms with Crippen molar-refractivity contribution in [2.24, 2.45) is 0 Å². The maximum Gasteiger partial charge on any atom is 0.104 e. The lowest BCUT2D eigenvalue weighted by Gasteiger charge is -2.20. The molecule has 0 saturated heterocycles. The molecule has 1 N–H and O–H groups in total. The molecular formula is C19H29ClO2S. The quantitative estimate of drug-likeness (QED) is 0.454. The summed E-state index contributed by atoms with van der Waals surface area (Å²) in [4.78, 5) is 1.27. The summed E-state index contributed by atoms with van der Waals surface area (Å²) in [5.74, 6) is 0. The first kappa shape index (κ1) is 20.4. The second kappa shape index (κ2) is 11.0. The van der Waals surface area contributed by atoms with Crippen LogP contribution in [0.3, 0.4) is 0 Å². The molecule has 0 aliphatic carbocycles. The Balaban J connectivity index is 2.96. The van der Waals surface area contributed by atoms with Gasteiger partial charge in [0.1, 0.15) is 6.10 Å². The van der Waals surface area contributed by atoms with Crippen LogP contribution in [0.1, 0.15) is 57.9 Å². The molecule has 0 aromatic heterocycles. The average molecular weight is 357 g/mol. The molecule has 130 valence electrons. The molecule has 4 heteroatoms. The molecule has 0 heterocycles. The Labute approximate surface area is 148 Å². The maximum atomic E-state index is 12.9. The normalized spacial score (nSPS) is 16.1. The van der Waals surface area contributed by atoms with Crippen molar-refractivity contribution in [1.29, 1.82) is 0 Å². The van der Waals surface area contributed by atoms with Gasteiger partial charge in [0.15, 0.2) is 0 Å². The number of hydrogen-bond acceptors (Lipinski definition) is 2. The molecule has 0 bridgehead atoms. The van der Waals surface area contributed by atoms with E-state index < -0.39 is 22.3 Å². The third-order valence-corrected chi connectivity index (χ3v) is 5.81. The maximum absolute atomic E-state index is 12.9. The minimum Gasteiger partial charge on any atom is -0.386 e. The Morgan fingerprint density at radius 2 is 1.83 bits per heavy atom. The average Bonchev–Trinajstić information content (AvgIpc) is 2.56. The van der Waals surface area contributed by atoms with Crippen LogP contribution >= 0.6 is 11.6 Å². The van der Waals surface area contributed by atoms with E-state index in [-0.39, 0.29) is 0 Å². The molecule has 1 aromatic carbocycles. The van der Waals surface area contributed by atoms with Crippen LogP contribution in [-0.4, -0.2) is 20.8 Å². The van der Waals surface area contributed by atoms with Crippen molar-refractivity contribution in [1.82, 2.24) is 0 Å². The van der Waals surface area contributed by atoms with E-state index in [9.17, 15) is 9.32 Å². The highest BCUT2D eigenvalue weighted by Crippen LogP contribution is 2.25. The predicted octanol–water partition coefficient (Wildman–Crippen LogP) is 5.34. The van der Waals surface area contributed by atoms with E-state index in [1.807, 2.05) is 37.3 Å². The zero-order valence-corrected chi connectivity index (χ0v) is 16.0. The first-order valence-electron chi connectivity index (χ1n) is 8.51. The Morgan fingerprint density at radius 3 is 2.39 bits per heavy atom. The van der Waals surface area contributed by atoms with E-state index in [0.717, 1.165) is 49.0 Å². The number of aliphatic hydroxyl groups excluding tert-OH is 1. The predicted molar refractivity (Wildman–Crippen MR) is 100 cm³/mol. The number of unbranched alkanes of at least 4 members (excludes halogenated alkanes) is 3. The van der Waals surface area contributed by atoms with Crippen LogP contribution in [0.2, 0.25) is 0 Å². The molecule has 0 spiro atoms. The molecule has 1 unspecified atom stereocenters. The van der Waals surface area contributed by atoms with Crippen LogP contribution in [0.4, 0.5) is 0 Å². The summed E-state index contributed by atoms with van der Waals surface area (Å²) in [6, 6.07) is 7.61. The fraction of sp³-hybridized carbons (Fsp3) is 0.579. The first-order valence-corrected chi connectivity index (χ1v) is 10.1. The van der Waals surface area contributed by atoms with Crippen molar-refractivity contribution >= 4 is 22.4 Å². The molecule has 0 amide bonds. The van der Waals surface area contributed by atoms with Crippen LogP contribution in [0.25, 0.3) is 0 Å². The molecule has 3 atom stereocenters. The number of hydrogen-bond donors (Lipinski definition) is 1. The molecule has 23 heavy (non-hydrogen) atoms. The number of aliphatic hydroxyl groups is 1. The monoisotopic (exact) mass is 356 g/mol. The van der Waals surface area contributed by atoms with Crippen LogP contribution < -0.4 is 0 Å². The number of benzene rings is 1. The standard InChI is InChI=1S/C19H29ClO2S/c1-4-6-8-10-18(19(21)17(20)9-7-5-2)23(22)16-13-11-15(3)12-14-16/h10-14,17,19,21H,4-9H2,1-3H3/b18-10+/t17-,19-,23?/m0/s1. The zero-order valence-electron chi connectivity index (χ0n) is 14.4. The molecule has 1 rings (SSSR count). The van der Waals surface area contributed by atoms with Gasteiger partial charge in [0.05, 0.1) is 16.2 Å². The number of rotatable bonds is 10. The van der Waals surface area contributed by atoms with E-state index in [0.29, 0.717) is 4.91 Å². The molecule has 0 fully saturated rings. The minimum atomic E-state index is -1.36. The van der Waals surface area contributed by atoms with E-state index >= 15 is 0 Å². The van der Waals surface area contributed by atoms with Crippen molar-refractivity contribution < 1.29 is 9.32 Å². The van der Waals surface area contributed by atoms with E-state index in [2.05, 4.69) is 13.8 Å². The summed E-state index contributed by atoms with van der Waals surface area (Å²) >= 11 is 6.35. The molecule has 2 nitrogen and oxygen atoms in total. The number of allylic oxidation sites excluding steroid dienone is 1. The van der Waals surface area contributed by atoms with E-state index in [1.165, 1.54) is 0 Å². The van der Waals surface area contributed by atoms with E-state index in [4.69, 9.17) is 11.6 Å². The van der Waals surface area contributed by atoms with Crippen molar-refractivity contribution in [3.63, 3.8) is 0 Å². The Hall–Kier alpha value is -0.640. The smallest absolute Gasteiger partial charge is 0.104 e. The molecule has 0 saturated carbocycles. The summed E-state index contributed by atoms with van der Waals surface area (Å²) in [7, 11) is -1.36. The Kier molecular flexibility index (Phi) is 9.77. The van der Waals surface area contributed by atoms with Crippen LogP contribution in [-0.2, 0) is 10.8 Å². The fourth-order valence-corrected chi connectivity index (χ4v) is 3.96. The summed E-state index contributed by atoms with van der Waals surface area (Å²) in [6.07, 6.45) is 6.69. The lowest BCUT2D eigenvalue weighted by Crippen LogP contribution is -2.25. The second-order valence-corrected chi connectivity index (χ2v) is 7.97. The fourth-order valence-electron chi connectivity index (χ4n) is 2.29. The molecule has 0 aliphatic rings. The van der Waals surface area contributed by atoms with Gasteiger partial charge in [0.25, 0.3) is 0 Å². The van der Waals surface area contributed by atoms with Gasteiger partial charge < -0.3 is 5.11 Å². The van der Waals surface area contributed by atoms with Gasteiger partial charge in [0, 0.05) is 9.80 Å². The Morgan fingerprint density at radius 1 is 1.22 bits per heavy atom. The lowest BCUT2D eigenvalue weighted by molar-refractivity contribution is 0.207. The van der Waals surface area contributed by atoms with Crippen LogP contribution in [0, 0.1) is 6.92 Å². The van der Waals surface area contributed by atoms with Gasteiger partial charge in [-0.3, -0.25) is 0 Å². The van der Waals surface area contributed by atoms with Gasteiger partial charge in [-0.25, -0.2) is 4.21 Å². The van der Waals surface area contributed by atoms with E-state index in [1.54, 1.807) is 0 Å². The largest absolute Gasteiger partial charge is 0.386 e. The highest BCUT2D eigenvalue weighted by Gasteiger charge is 2.25. The van der Waals surface area contributed by atoms with Gasteiger partial charge in [-0.05, 0) is 31.9 Å². The van der Waals surface area contributed by atoms with Gasteiger partial charge >= 0.3 is 0 Å². The van der Waals surface area contributed by atoms with Gasteiger partial charge in [-0.15, -0.1) is 11.6 Å². The number of halogens is 1. The SMILES string of the molecule is CCCC/C=C(\[C@@H](O)[C@@H](Cl)CCCC)S(=O)c1ccc(C)cc1. The van der Waals surface area contributed by atoms with Crippen LogP contribution in [0.5, 0.6) is 0 Å². The summed E-state index contributed by atoms with van der Waals surface area (Å²) in [6.45, 7) is 6.21. The number of aryl methyl sites for hydroxylation is 1. The number of alkyl halides is 1. The molecular weight excluding hydrogens is 328 g/mol. The molecule has 0 radical (unpaired) electrons. The van der Waals surface area contributed by atoms with Crippen molar-refractivity contribution in [3.05, 3.63) is 40.8 Å². The van der Waals surface area contributed by atoms with Crippen molar-refractivity contribution in [2.45, 2.75) is 75.7 Å². The van der Waals surface area contributed by atoms with Gasteiger partial charge in [-0.2, -0.15) is 0 Å². The minimum absolute atomic E-state index is 0.391. The second-order valence-electron chi connectivity index (χ2n) is 5.93. The summed E-state index contributed by atoms with van der Waals surface area (Å²) in [5, 5.41) is 10.2. The van der Waals surface area contributed by atoms with Gasteiger partial charge in [-0.1, -0.05) is 63.3 Å². The third kappa shape index (κ3) is 6.78. The van der Waals surface area contributed by atoms with Crippen molar-refractivity contribution in [3.8, 4) is 0 Å². The van der Waals surface area contributed by atoms with Gasteiger partial charge in [0.2, 0.25) is 0 Å². The Bertz CT molecular complexity index is 511. The van der Waals surface area contributed by atoms with Crippen molar-refractivity contribution in [2.75, 3.05) is 0 Å². The first-order chi connectivity index (χ1) is 11.0. The summed E-state index contributed by atoms with van der Waals surface area (Å²) in [5.41, 5.74) is 1.13. The highest BCUT2D eigenvalue weighted by atomic mass is 35.5. The topological polar surface area (TPSA) is 37.3 Å². The molecule has 0 aliphatic heterocycles. The highest BCUT2D eigenvalue weighted by molar-refractivity contribution is 7.89. The zero-order chi connectivity index (χ0) is 17.2. The van der Waals surface area contributed by atoms with Crippen LogP contribution in [0.15, 0.2) is 40.1 Å².